The number of hydrogen-bond acceptors (Lipinski definition) is 4. The van der Waals surface area contributed by atoms with Crippen molar-refractivity contribution >= 4 is 49.6 Å². The summed E-state index contributed by atoms with van der Waals surface area (Å²) in [4.78, 5) is 40.4. The van der Waals surface area contributed by atoms with E-state index in [1.54, 1.807) is 0 Å². The molecule has 2 bridgehead atoms. The highest BCUT2D eigenvalue weighted by atomic mass is 79.9. The third-order valence-corrected chi connectivity index (χ3v) is 9.13. The Morgan fingerprint density at radius 2 is 1.30 bits per heavy atom. The van der Waals surface area contributed by atoms with E-state index in [0.717, 1.165) is 27.2 Å². The third-order valence-electron chi connectivity index (χ3n) is 6.43. The second kappa shape index (κ2) is 6.76. The first-order valence-corrected chi connectivity index (χ1v) is 11.5. The number of likely N-dealkylation sites (tertiary alicyclic amines) is 1. The fraction of sp³-hybridized carbons (Fsp3) is 0.348. The lowest BCUT2D eigenvalue weighted by atomic mass is 9.54. The smallest absolute Gasteiger partial charge is 0.326 e. The first-order valence-electron chi connectivity index (χ1n) is 9.95. The predicted octanol–water partition coefficient (Wildman–Crippen LogP) is 3.85. The van der Waals surface area contributed by atoms with Gasteiger partial charge in [0.05, 0.1) is 27.1 Å². The number of rotatable bonds is 4. The van der Waals surface area contributed by atoms with Gasteiger partial charge in [0, 0.05) is 0 Å². The van der Waals surface area contributed by atoms with Crippen LogP contribution in [-0.2, 0) is 27.8 Å². The Bertz CT molecular complexity index is 977. The molecule has 2 aromatic carbocycles. The van der Waals surface area contributed by atoms with Crippen molar-refractivity contribution in [3.63, 3.8) is 0 Å². The maximum atomic E-state index is 13.6. The van der Waals surface area contributed by atoms with Crippen LogP contribution in [-0.4, -0.2) is 35.8 Å². The Labute approximate surface area is 191 Å². The molecular formula is C23H19Br2NO4. The quantitative estimate of drug-likeness (QED) is 0.341. The Morgan fingerprint density at radius 3 is 1.67 bits per heavy atom. The van der Waals surface area contributed by atoms with Crippen molar-refractivity contribution in [1.29, 1.82) is 0 Å². The summed E-state index contributed by atoms with van der Waals surface area (Å²) in [5.41, 5.74) is 3.88. The van der Waals surface area contributed by atoms with E-state index in [0.29, 0.717) is 6.42 Å². The molecule has 0 unspecified atom stereocenters. The third kappa shape index (κ3) is 2.31. The van der Waals surface area contributed by atoms with E-state index < -0.39 is 26.5 Å². The summed E-state index contributed by atoms with van der Waals surface area (Å²) in [6.45, 7) is 1.80. The van der Waals surface area contributed by atoms with Crippen LogP contribution in [0.15, 0.2) is 48.5 Å². The van der Waals surface area contributed by atoms with Crippen LogP contribution < -0.4 is 0 Å². The number of halogens is 2. The lowest BCUT2D eigenvalue weighted by Crippen LogP contribution is -2.56. The van der Waals surface area contributed by atoms with Gasteiger partial charge in [0.2, 0.25) is 11.8 Å². The fourth-order valence-corrected chi connectivity index (χ4v) is 7.57. The topological polar surface area (TPSA) is 63.7 Å². The molecule has 3 aliphatic carbocycles. The number of carbonyl (C=O) groups excluding carboxylic acids is 3. The molecule has 1 aliphatic heterocycles. The van der Waals surface area contributed by atoms with Gasteiger partial charge in [-0.25, -0.2) is 0 Å². The number of benzene rings is 2. The number of hydrogen-bond donors (Lipinski definition) is 0. The maximum absolute atomic E-state index is 13.6. The zero-order valence-corrected chi connectivity index (χ0v) is 19.4. The van der Waals surface area contributed by atoms with Gasteiger partial charge in [-0.15, -0.1) is 0 Å². The normalized spacial score (nSPS) is 30.7. The first-order chi connectivity index (χ1) is 14.4. The van der Waals surface area contributed by atoms with E-state index >= 15 is 0 Å². The average Bonchev–Trinajstić information content (AvgIpc) is 3.02. The number of nitrogens with zero attached hydrogens (tertiary/aromatic N) is 1. The molecule has 0 radical (unpaired) electrons. The highest BCUT2D eigenvalue weighted by molar-refractivity contribution is 9.10. The molecule has 0 spiro atoms. The molecule has 0 aromatic heterocycles. The van der Waals surface area contributed by atoms with Crippen LogP contribution in [0.1, 0.15) is 35.6 Å². The minimum absolute atomic E-state index is 0.267. The van der Waals surface area contributed by atoms with Crippen molar-refractivity contribution < 1.29 is 19.1 Å². The van der Waals surface area contributed by atoms with Crippen molar-refractivity contribution in [2.45, 2.75) is 22.0 Å². The highest BCUT2D eigenvalue weighted by Crippen LogP contribution is 2.70. The van der Waals surface area contributed by atoms with E-state index in [4.69, 9.17) is 4.74 Å². The molecular weight excluding hydrogens is 514 g/mol. The summed E-state index contributed by atoms with van der Waals surface area (Å²) in [6.07, 6.45) is 0.679. The molecule has 2 atom stereocenters. The average molecular weight is 533 g/mol. The van der Waals surface area contributed by atoms with Crippen molar-refractivity contribution in [3.8, 4) is 0 Å². The van der Waals surface area contributed by atoms with E-state index in [2.05, 4.69) is 31.9 Å². The van der Waals surface area contributed by atoms with Crippen molar-refractivity contribution in [1.82, 2.24) is 4.90 Å². The van der Waals surface area contributed by atoms with Crippen LogP contribution in [0.2, 0.25) is 0 Å². The Kier molecular flexibility index (Phi) is 4.49. The molecule has 0 N–H and O–H groups in total. The summed E-state index contributed by atoms with van der Waals surface area (Å²) >= 11 is 7.86. The minimum Gasteiger partial charge on any atom is -0.464 e. The minimum atomic E-state index is -0.838. The maximum Gasteiger partial charge on any atom is 0.326 e. The second-order valence-electron chi connectivity index (χ2n) is 7.95. The number of carbonyl (C=O) groups is 3. The number of amides is 2. The van der Waals surface area contributed by atoms with Gasteiger partial charge in [0.25, 0.3) is 0 Å². The molecule has 1 fully saturated rings. The van der Waals surface area contributed by atoms with Gasteiger partial charge >= 0.3 is 5.97 Å². The van der Waals surface area contributed by atoms with E-state index in [1.807, 2.05) is 55.5 Å². The molecule has 4 aliphatic rings. The van der Waals surface area contributed by atoms with Gasteiger partial charge in [-0.05, 0) is 28.7 Å². The van der Waals surface area contributed by atoms with Crippen LogP contribution in [0.5, 0.6) is 0 Å². The standard InChI is InChI=1S/C23H19Br2NO4/c1-2-11-30-17(27)12-26-20(28)18-19(21(26)29)23(25)14-8-4-3-7-13(14)22(18,24)15-9-5-6-10-16(15)23/h3-10,18-19H,2,11-12H2,1H3/t18-,19+,22?,23?. The first kappa shape index (κ1) is 19.9. The predicted molar refractivity (Wildman–Crippen MR) is 117 cm³/mol. The van der Waals surface area contributed by atoms with Crippen molar-refractivity contribution in [3.05, 3.63) is 70.8 Å². The van der Waals surface area contributed by atoms with Gasteiger partial charge in [-0.2, -0.15) is 0 Å². The van der Waals surface area contributed by atoms with Crippen molar-refractivity contribution in [2.75, 3.05) is 13.2 Å². The molecule has 1 heterocycles. The lowest BCUT2D eigenvalue weighted by Gasteiger charge is -2.55. The molecule has 154 valence electrons. The largest absolute Gasteiger partial charge is 0.464 e. The molecule has 5 nitrogen and oxygen atoms in total. The second-order valence-corrected chi connectivity index (χ2v) is 10.5. The van der Waals surface area contributed by atoms with Crippen molar-refractivity contribution in [2.24, 2.45) is 11.8 Å². The summed E-state index contributed by atoms with van der Waals surface area (Å²) < 4.78 is 3.46. The number of alkyl halides is 2. The molecule has 2 amide bonds. The van der Waals surface area contributed by atoms with Gasteiger partial charge in [-0.3, -0.25) is 19.3 Å². The molecule has 0 saturated carbocycles. The van der Waals surface area contributed by atoms with Crippen LogP contribution >= 0.6 is 31.9 Å². The van der Waals surface area contributed by atoms with E-state index in [1.165, 1.54) is 0 Å². The van der Waals surface area contributed by atoms with Crippen LogP contribution in [0, 0.1) is 11.8 Å². The number of ether oxygens (including phenoxy) is 1. The van der Waals surface area contributed by atoms with Crippen LogP contribution in [0.4, 0.5) is 0 Å². The summed E-state index contributed by atoms with van der Waals surface area (Å²) in [6, 6.07) is 15.8. The fourth-order valence-electron chi connectivity index (χ4n) is 5.27. The molecule has 2 aromatic rings. The van der Waals surface area contributed by atoms with Gasteiger partial charge < -0.3 is 4.74 Å². The van der Waals surface area contributed by atoms with Crippen LogP contribution in [0.25, 0.3) is 0 Å². The summed E-state index contributed by atoms with van der Waals surface area (Å²) in [7, 11) is 0. The van der Waals surface area contributed by atoms with Gasteiger partial charge in [0.1, 0.15) is 6.54 Å². The number of esters is 1. The van der Waals surface area contributed by atoms with E-state index in [9.17, 15) is 14.4 Å². The zero-order valence-electron chi connectivity index (χ0n) is 16.2. The molecule has 1 saturated heterocycles. The molecule has 30 heavy (non-hydrogen) atoms. The van der Waals surface area contributed by atoms with E-state index in [-0.39, 0.29) is 25.0 Å². The van der Waals surface area contributed by atoms with Crippen LogP contribution in [0.3, 0.4) is 0 Å². The monoisotopic (exact) mass is 531 g/mol. The molecule has 6 rings (SSSR count). The highest BCUT2D eigenvalue weighted by Gasteiger charge is 2.72. The SMILES string of the molecule is CCCOC(=O)CN1C(=O)[C@@H]2[C@H](C1=O)C1(Br)c3ccccc3C2(Br)c2ccccc21. The number of imide groups is 1. The zero-order chi connectivity index (χ0) is 21.3. The summed E-state index contributed by atoms with van der Waals surface area (Å²) in [5, 5.41) is 0. The van der Waals surface area contributed by atoms with Gasteiger partial charge in [-0.1, -0.05) is 87.3 Å². The Balaban J connectivity index is 1.68. The summed E-state index contributed by atoms with van der Waals surface area (Å²) in [5.74, 6) is -2.57. The Morgan fingerprint density at radius 1 is 0.900 bits per heavy atom. The lowest BCUT2D eigenvalue weighted by molar-refractivity contribution is -0.153. The van der Waals surface area contributed by atoms with Gasteiger partial charge in [0.15, 0.2) is 0 Å². The molecule has 7 heteroatoms. The Hall–Kier alpha value is -1.99.